The van der Waals surface area contributed by atoms with Gasteiger partial charge >= 0.3 is 0 Å². The van der Waals surface area contributed by atoms with Gasteiger partial charge in [-0.2, -0.15) is 5.26 Å². The Labute approximate surface area is 192 Å². The van der Waals surface area contributed by atoms with Crippen LogP contribution in [-0.4, -0.2) is 19.6 Å². The number of nitriles is 1. The number of allylic oxidation sites excluding steroid dienone is 1. The van der Waals surface area contributed by atoms with E-state index in [4.69, 9.17) is 9.47 Å². The third-order valence-electron chi connectivity index (χ3n) is 5.10. The first-order chi connectivity index (χ1) is 16.2. The topological polar surface area (TPSA) is 71.3 Å². The fraction of sp³-hybridized carbons (Fsp3) is 0.0714. The fourth-order valence-electron chi connectivity index (χ4n) is 3.46. The van der Waals surface area contributed by atoms with Crippen LogP contribution in [0.25, 0.3) is 22.4 Å². The molecule has 4 rings (SSSR count). The molecule has 0 aliphatic heterocycles. The number of para-hydroxylation sites is 1. The molecule has 0 bridgehead atoms. The van der Waals surface area contributed by atoms with Crippen LogP contribution in [0.1, 0.15) is 11.1 Å². The van der Waals surface area contributed by atoms with Crippen LogP contribution < -0.4 is 14.8 Å². The molecule has 33 heavy (non-hydrogen) atoms. The Kier molecular flexibility index (Phi) is 6.67. The Balaban J connectivity index is 1.50. The molecule has 0 radical (unpaired) electrons. The van der Waals surface area contributed by atoms with Crippen molar-refractivity contribution >= 4 is 34.0 Å². The van der Waals surface area contributed by atoms with Crippen molar-refractivity contribution in [3.05, 3.63) is 102 Å². The standard InChI is InChI=1S/C28H22N2O3/c1-32-27-16-20(11-14-26(27)33-19-28(31)30-25-9-3-2-4-10-25)15-24(18-29)23-13-12-21-7-5-6-8-22(21)17-23/h2-17H,19H2,1H3,(H,30,31)/b24-15-. The highest BCUT2D eigenvalue weighted by Gasteiger charge is 2.10. The summed E-state index contributed by atoms with van der Waals surface area (Å²) in [5.74, 6) is 0.657. The number of methoxy groups -OCH3 is 1. The molecular formula is C28H22N2O3. The predicted molar refractivity (Wildman–Crippen MR) is 131 cm³/mol. The molecule has 0 heterocycles. The van der Waals surface area contributed by atoms with Crippen molar-refractivity contribution in [2.45, 2.75) is 0 Å². The van der Waals surface area contributed by atoms with Crippen LogP contribution in [0.4, 0.5) is 5.69 Å². The molecule has 0 aromatic heterocycles. The third kappa shape index (κ3) is 5.38. The van der Waals surface area contributed by atoms with Gasteiger partial charge < -0.3 is 14.8 Å². The lowest BCUT2D eigenvalue weighted by molar-refractivity contribution is -0.118. The number of ether oxygens (including phenoxy) is 2. The van der Waals surface area contributed by atoms with Gasteiger partial charge in [-0.3, -0.25) is 4.79 Å². The first-order valence-corrected chi connectivity index (χ1v) is 10.4. The van der Waals surface area contributed by atoms with E-state index in [0.29, 0.717) is 22.8 Å². The van der Waals surface area contributed by atoms with Gasteiger partial charge in [-0.1, -0.05) is 60.7 Å². The van der Waals surface area contributed by atoms with Gasteiger partial charge in [0.25, 0.3) is 5.91 Å². The first-order valence-electron chi connectivity index (χ1n) is 10.4. The summed E-state index contributed by atoms with van der Waals surface area (Å²) in [6, 6.07) is 30.8. The molecule has 0 atom stereocenters. The molecule has 0 aliphatic carbocycles. The first kappa shape index (κ1) is 21.7. The van der Waals surface area contributed by atoms with Crippen LogP contribution in [0, 0.1) is 11.3 Å². The molecule has 0 saturated carbocycles. The Morgan fingerprint density at radius 2 is 1.67 bits per heavy atom. The van der Waals surface area contributed by atoms with Gasteiger partial charge in [0.15, 0.2) is 18.1 Å². The van der Waals surface area contributed by atoms with Crippen molar-refractivity contribution in [1.82, 2.24) is 0 Å². The minimum absolute atomic E-state index is 0.152. The third-order valence-corrected chi connectivity index (χ3v) is 5.10. The maximum atomic E-state index is 12.2. The number of hydrogen-bond donors (Lipinski definition) is 1. The highest BCUT2D eigenvalue weighted by molar-refractivity contribution is 5.94. The van der Waals surface area contributed by atoms with E-state index in [1.54, 1.807) is 18.2 Å². The SMILES string of the molecule is COc1cc(/C=C(/C#N)c2ccc3ccccc3c2)ccc1OCC(=O)Nc1ccccc1. The Bertz CT molecular complexity index is 1350. The van der Waals surface area contributed by atoms with Crippen LogP contribution in [0.3, 0.4) is 0 Å². The summed E-state index contributed by atoms with van der Waals surface area (Å²) in [5, 5.41) is 14.7. The van der Waals surface area contributed by atoms with Gasteiger partial charge in [-0.05, 0) is 58.3 Å². The number of amides is 1. The number of nitrogens with one attached hydrogen (secondary N) is 1. The molecule has 5 heteroatoms. The average Bonchev–Trinajstić information content (AvgIpc) is 2.86. The lowest BCUT2D eigenvalue weighted by Gasteiger charge is -2.12. The Morgan fingerprint density at radius 3 is 2.42 bits per heavy atom. The van der Waals surface area contributed by atoms with Gasteiger partial charge in [0.2, 0.25) is 0 Å². The van der Waals surface area contributed by atoms with Crippen molar-refractivity contribution in [3.63, 3.8) is 0 Å². The number of benzene rings is 4. The predicted octanol–water partition coefficient (Wildman–Crippen LogP) is 5.93. The van der Waals surface area contributed by atoms with Gasteiger partial charge in [0, 0.05) is 5.69 Å². The van der Waals surface area contributed by atoms with Crippen molar-refractivity contribution in [2.75, 3.05) is 19.0 Å². The second-order valence-electron chi connectivity index (χ2n) is 7.34. The van der Waals surface area contributed by atoms with Gasteiger partial charge in [0.05, 0.1) is 18.8 Å². The molecule has 0 spiro atoms. The van der Waals surface area contributed by atoms with Crippen LogP contribution >= 0.6 is 0 Å². The van der Waals surface area contributed by atoms with Gasteiger partial charge in [0.1, 0.15) is 0 Å². The monoisotopic (exact) mass is 434 g/mol. The molecule has 162 valence electrons. The highest BCUT2D eigenvalue weighted by Crippen LogP contribution is 2.30. The Morgan fingerprint density at radius 1 is 0.909 bits per heavy atom. The molecule has 5 nitrogen and oxygen atoms in total. The van der Waals surface area contributed by atoms with E-state index in [1.807, 2.05) is 78.9 Å². The maximum Gasteiger partial charge on any atom is 0.262 e. The lowest BCUT2D eigenvalue weighted by atomic mass is 10.00. The van der Waals surface area contributed by atoms with Crippen molar-refractivity contribution in [2.24, 2.45) is 0 Å². The van der Waals surface area contributed by atoms with E-state index in [2.05, 4.69) is 11.4 Å². The number of hydrogen-bond acceptors (Lipinski definition) is 4. The van der Waals surface area contributed by atoms with E-state index in [9.17, 15) is 10.1 Å². The second kappa shape index (κ2) is 10.2. The highest BCUT2D eigenvalue weighted by atomic mass is 16.5. The molecular weight excluding hydrogens is 412 g/mol. The summed E-state index contributed by atoms with van der Waals surface area (Å²) in [5.41, 5.74) is 2.88. The minimum Gasteiger partial charge on any atom is -0.493 e. The fourth-order valence-corrected chi connectivity index (χ4v) is 3.46. The molecule has 4 aromatic carbocycles. The lowest BCUT2D eigenvalue weighted by Crippen LogP contribution is -2.20. The smallest absolute Gasteiger partial charge is 0.262 e. The molecule has 0 fully saturated rings. The zero-order valence-corrected chi connectivity index (χ0v) is 18.1. The van der Waals surface area contributed by atoms with Crippen molar-refractivity contribution in [3.8, 4) is 17.6 Å². The van der Waals surface area contributed by atoms with Gasteiger partial charge in [-0.15, -0.1) is 0 Å². The van der Waals surface area contributed by atoms with E-state index < -0.39 is 0 Å². The quantitative estimate of drug-likeness (QED) is 0.289. The van der Waals surface area contributed by atoms with E-state index in [1.165, 1.54) is 7.11 Å². The Hall–Kier alpha value is -4.56. The van der Waals surface area contributed by atoms with Crippen molar-refractivity contribution in [1.29, 1.82) is 5.26 Å². The normalized spacial score (nSPS) is 11.0. The number of nitrogens with zero attached hydrogens (tertiary/aromatic N) is 1. The molecule has 0 aliphatic rings. The molecule has 4 aromatic rings. The van der Waals surface area contributed by atoms with E-state index >= 15 is 0 Å². The number of fused-ring (bicyclic) bond motifs is 1. The van der Waals surface area contributed by atoms with Crippen LogP contribution in [0.15, 0.2) is 91.0 Å². The summed E-state index contributed by atoms with van der Waals surface area (Å²) in [6.45, 7) is -0.152. The molecule has 0 saturated heterocycles. The van der Waals surface area contributed by atoms with Crippen LogP contribution in [0.2, 0.25) is 0 Å². The number of carbonyl (C=O) groups is 1. The van der Waals surface area contributed by atoms with E-state index in [0.717, 1.165) is 21.9 Å². The largest absolute Gasteiger partial charge is 0.493 e. The molecule has 1 N–H and O–H groups in total. The van der Waals surface area contributed by atoms with Gasteiger partial charge in [-0.25, -0.2) is 0 Å². The number of anilines is 1. The van der Waals surface area contributed by atoms with Crippen LogP contribution in [-0.2, 0) is 4.79 Å². The summed E-state index contributed by atoms with van der Waals surface area (Å²) in [4.78, 5) is 12.2. The second-order valence-corrected chi connectivity index (χ2v) is 7.34. The summed E-state index contributed by atoms with van der Waals surface area (Å²) in [6.07, 6.45) is 1.80. The summed E-state index contributed by atoms with van der Waals surface area (Å²) >= 11 is 0. The minimum atomic E-state index is -0.268. The average molecular weight is 434 g/mol. The zero-order valence-electron chi connectivity index (χ0n) is 18.1. The summed E-state index contributed by atoms with van der Waals surface area (Å²) < 4.78 is 11.1. The van der Waals surface area contributed by atoms with Crippen LogP contribution in [0.5, 0.6) is 11.5 Å². The number of rotatable bonds is 7. The van der Waals surface area contributed by atoms with Crippen molar-refractivity contribution < 1.29 is 14.3 Å². The van der Waals surface area contributed by atoms with E-state index in [-0.39, 0.29) is 12.5 Å². The molecule has 1 amide bonds. The summed E-state index contributed by atoms with van der Waals surface area (Å²) in [7, 11) is 1.54. The zero-order chi connectivity index (χ0) is 23.0. The maximum absolute atomic E-state index is 12.2. The number of carbonyl (C=O) groups excluding carboxylic acids is 1. The molecule has 0 unspecified atom stereocenters.